The zero-order valence-electron chi connectivity index (χ0n) is 71.9. The topological polar surface area (TPSA) is 320 Å². The van der Waals surface area contributed by atoms with Gasteiger partial charge in [0.25, 0.3) is 5.91 Å². The molecule has 10 aromatic carbocycles. The summed E-state index contributed by atoms with van der Waals surface area (Å²) in [5.41, 5.74) is 28.9. The van der Waals surface area contributed by atoms with E-state index in [0.717, 1.165) is 101 Å². The van der Waals surface area contributed by atoms with Crippen molar-refractivity contribution in [3.8, 4) is 33.4 Å². The molecule has 0 bridgehead atoms. The summed E-state index contributed by atoms with van der Waals surface area (Å²) in [5, 5.41) is 30.5. The number of aliphatic hydroxyl groups is 1. The molecule has 0 saturated heterocycles. The van der Waals surface area contributed by atoms with E-state index in [1.54, 1.807) is 61.5 Å². The largest absolute Gasteiger partial charge is 0.392 e. The lowest BCUT2D eigenvalue weighted by molar-refractivity contribution is -0.128. The van der Waals surface area contributed by atoms with Crippen molar-refractivity contribution in [3.63, 3.8) is 0 Å². The summed E-state index contributed by atoms with van der Waals surface area (Å²) in [4.78, 5) is 121. The Hall–Kier alpha value is -12.7. The van der Waals surface area contributed by atoms with E-state index >= 15 is 0 Å². The van der Waals surface area contributed by atoms with Gasteiger partial charge in [0.05, 0.1) is 25.7 Å². The van der Waals surface area contributed by atoms with Crippen LogP contribution in [0.15, 0.2) is 249 Å². The number of aryl methyl sites for hydroxylation is 3. The molecule has 640 valence electrons. The number of fused-ring (bicyclic) bond motifs is 3. The van der Waals surface area contributed by atoms with Crippen LogP contribution in [-0.4, -0.2) is 106 Å². The van der Waals surface area contributed by atoms with Crippen LogP contribution in [0.2, 0.25) is 0 Å². The van der Waals surface area contributed by atoms with Gasteiger partial charge in [-0.05, 0) is 201 Å². The maximum atomic E-state index is 13.9. The minimum absolute atomic E-state index is 0.0706. The number of carbonyl (C=O) groups is 9. The van der Waals surface area contributed by atoms with Crippen LogP contribution in [0.1, 0.15) is 161 Å². The maximum Gasteiger partial charge on any atom is 0.251 e. The number of rotatable bonds is 28. The molecule has 12 N–H and O–H groups in total. The molecule has 0 aromatic heterocycles. The average Bonchev–Trinajstić information content (AvgIpc) is 1.75. The van der Waals surface area contributed by atoms with Crippen LogP contribution in [0.5, 0.6) is 0 Å². The van der Waals surface area contributed by atoms with Crippen LogP contribution in [0.25, 0.3) is 33.4 Å². The smallest absolute Gasteiger partial charge is 0.251 e. The Kier molecular flexibility index (Phi) is 31.2. The molecule has 10 aromatic rings. The number of hydrogen-bond donors (Lipinski definition) is 10. The van der Waals surface area contributed by atoms with Crippen LogP contribution < -0.4 is 63.4 Å². The molecule has 0 saturated carbocycles. The highest BCUT2D eigenvalue weighted by atomic mass is 16.3. The fourth-order valence-electron chi connectivity index (χ4n) is 15.6. The summed E-state index contributed by atoms with van der Waals surface area (Å²) in [7, 11) is 0. The van der Waals surface area contributed by atoms with Crippen LogP contribution in [0.4, 0.5) is 17.1 Å². The van der Waals surface area contributed by atoms with Crippen molar-refractivity contribution in [1.82, 2.24) is 37.2 Å². The monoisotopic (exact) mass is 1660 g/mol. The molecule has 0 radical (unpaired) electrons. The summed E-state index contributed by atoms with van der Waals surface area (Å²) in [6.45, 7) is 18.5. The van der Waals surface area contributed by atoms with E-state index in [0.29, 0.717) is 89.9 Å². The number of β-amino-alcohol motifs (C(OH)–C–C–N with tert-alkyl or cyclic N) is 1. The summed E-state index contributed by atoms with van der Waals surface area (Å²) < 4.78 is 0. The first-order valence-electron chi connectivity index (χ1n) is 42.2. The number of hydrogen-bond acceptors (Lipinski definition) is 13. The number of carbonyl (C=O) groups excluding carboxylic acids is 9. The lowest BCUT2D eigenvalue weighted by Gasteiger charge is -2.29. The lowest BCUT2D eigenvalue weighted by Crippen LogP contribution is -2.51. The molecule has 9 amide bonds. The second-order valence-electron chi connectivity index (χ2n) is 34.2. The second-order valence-corrected chi connectivity index (χ2v) is 34.2. The van der Waals surface area contributed by atoms with Crippen molar-refractivity contribution >= 4 is 70.2 Å². The van der Waals surface area contributed by atoms with Gasteiger partial charge in [0, 0.05) is 98.5 Å². The van der Waals surface area contributed by atoms with Crippen molar-refractivity contribution < 1.29 is 48.3 Å². The SMILES string of the molecule is CC(=O)NCc1ccccc1-c1ccc(CN2C(=O)[C@H](NC(=O)CC(C)(C)N)CCc3ccccc32)cc1.CC(=O)NCc1ccccc1-c1ccc(CN2C(=O)[C@H](NC(=O)CC(C)(C)NC[C@@H](C)O)CCc3ccccc32)cc1.CC(C)(N)CC(=O)N[C@@H]1CCc2ccccc2N(Cc2ccc(-c3ccccc3CNC(=O)c3ccccc3)cc2)C1=O. The van der Waals surface area contributed by atoms with Gasteiger partial charge in [-0.25, -0.2) is 0 Å². The minimum Gasteiger partial charge on any atom is -0.392 e. The van der Waals surface area contributed by atoms with E-state index in [1.165, 1.54) is 13.8 Å². The number of aliphatic hydroxyl groups excluding tert-OH is 1. The zero-order chi connectivity index (χ0) is 88.0. The molecule has 3 heterocycles. The number of nitrogens with zero attached hydrogens (tertiary/aromatic N) is 3. The Balaban J connectivity index is 0.000000180. The molecule has 13 rings (SSSR count). The molecular formula is C101H116N12O10. The molecule has 22 nitrogen and oxygen atoms in total. The van der Waals surface area contributed by atoms with Crippen molar-refractivity contribution in [1.29, 1.82) is 0 Å². The van der Waals surface area contributed by atoms with Gasteiger partial charge in [0.2, 0.25) is 47.3 Å². The zero-order valence-corrected chi connectivity index (χ0v) is 71.9. The summed E-state index contributed by atoms with van der Waals surface area (Å²) >= 11 is 0. The minimum atomic E-state index is -0.658. The molecule has 0 aliphatic carbocycles. The summed E-state index contributed by atoms with van der Waals surface area (Å²) in [5.74, 6) is -1.29. The predicted molar refractivity (Wildman–Crippen MR) is 486 cm³/mol. The van der Waals surface area contributed by atoms with Gasteiger partial charge >= 0.3 is 0 Å². The molecule has 3 aliphatic rings. The van der Waals surface area contributed by atoms with Crippen molar-refractivity contribution in [2.75, 3.05) is 21.2 Å². The van der Waals surface area contributed by atoms with Crippen LogP contribution in [-0.2, 0) is 96.9 Å². The quantitative estimate of drug-likeness (QED) is 0.0218. The molecule has 123 heavy (non-hydrogen) atoms. The molecule has 0 spiro atoms. The number of nitrogens with two attached hydrogens (primary N) is 2. The third kappa shape index (κ3) is 26.4. The standard InChI is InChI=1S/C36H38N4O3.C34H42N4O4.C31H36N4O3/c1-36(2,37)22-33(41)39-31-21-20-27-10-7-9-15-32(27)40(35(31)43)24-25-16-18-26(19-17-25)30-14-8-6-13-29(30)23-38-34(42)28-11-4-3-5-12-28;1-23(39)20-36-34(3,4)19-32(41)37-30-18-17-27-9-6-8-12-31(27)38(33(30)42)22-25-13-15-26(16-14-25)29-11-7-5-10-28(29)21-35-24(2)40;1-21(36)33-19-25-9-4-6-10-26(25)23-14-12-22(13-15-23)20-35-28-11-7-5-8-24(28)16-17-27(30(35)38)34-29(37)18-31(2,3)32/h3-19,31H,20-24,37H2,1-2H3,(H,38,42)(H,39,41);5-16,23,30,36,39H,17-22H2,1-4H3,(H,35,40)(H,37,41);4-15,27H,16-20,32H2,1-3H3,(H,33,36)(H,34,37)/t31-;23-,30-;27-/m111/s1. The van der Waals surface area contributed by atoms with E-state index in [1.807, 2.05) is 250 Å². The number of para-hydroxylation sites is 3. The third-order valence-electron chi connectivity index (χ3n) is 21.8. The Labute approximate surface area is 722 Å². The van der Waals surface area contributed by atoms with Gasteiger partial charge in [-0.2, -0.15) is 0 Å². The Morgan fingerprint density at radius 3 is 1.00 bits per heavy atom. The van der Waals surface area contributed by atoms with Crippen molar-refractivity contribution in [2.45, 2.75) is 200 Å². The number of amides is 9. The summed E-state index contributed by atoms with van der Waals surface area (Å²) in [6.07, 6.45) is 3.59. The molecule has 4 atom stereocenters. The van der Waals surface area contributed by atoms with Crippen LogP contribution in [0, 0.1) is 0 Å². The van der Waals surface area contributed by atoms with Crippen LogP contribution in [0.3, 0.4) is 0 Å². The molecule has 22 heteroatoms. The van der Waals surface area contributed by atoms with Crippen LogP contribution >= 0.6 is 0 Å². The first-order chi connectivity index (χ1) is 58.8. The Morgan fingerprint density at radius 1 is 0.390 bits per heavy atom. The fourth-order valence-corrected chi connectivity index (χ4v) is 15.6. The highest BCUT2D eigenvalue weighted by Gasteiger charge is 2.37. The third-order valence-corrected chi connectivity index (χ3v) is 21.8. The lowest BCUT2D eigenvalue weighted by atomic mass is 9.98. The van der Waals surface area contributed by atoms with Gasteiger partial charge in [-0.15, -0.1) is 0 Å². The molecular weight excluding hydrogens is 1540 g/mol. The maximum absolute atomic E-state index is 13.9. The van der Waals surface area contributed by atoms with Gasteiger partial charge < -0.3 is 68.5 Å². The first kappa shape index (κ1) is 91.0. The molecule has 3 aliphatic heterocycles. The van der Waals surface area contributed by atoms with E-state index in [2.05, 4.69) is 37.2 Å². The van der Waals surface area contributed by atoms with E-state index < -0.39 is 40.8 Å². The van der Waals surface area contributed by atoms with Crippen molar-refractivity contribution in [3.05, 3.63) is 304 Å². The predicted octanol–water partition coefficient (Wildman–Crippen LogP) is 13.5. The Morgan fingerprint density at radius 2 is 0.683 bits per heavy atom. The van der Waals surface area contributed by atoms with E-state index in [9.17, 15) is 48.3 Å². The first-order valence-corrected chi connectivity index (χ1v) is 42.2. The number of benzene rings is 10. The van der Waals surface area contributed by atoms with E-state index in [4.69, 9.17) is 11.5 Å². The van der Waals surface area contributed by atoms with E-state index in [-0.39, 0.29) is 72.4 Å². The number of nitrogens with one attached hydrogen (secondary N) is 7. The van der Waals surface area contributed by atoms with Gasteiger partial charge in [-0.1, -0.05) is 218 Å². The average molecular weight is 1660 g/mol. The molecule has 0 fully saturated rings. The highest BCUT2D eigenvalue weighted by molar-refractivity contribution is 6.03. The van der Waals surface area contributed by atoms with Crippen molar-refractivity contribution in [2.24, 2.45) is 11.5 Å². The second kappa shape index (κ2) is 42.2. The highest BCUT2D eigenvalue weighted by Crippen LogP contribution is 2.35. The van der Waals surface area contributed by atoms with Gasteiger partial charge in [0.15, 0.2) is 0 Å². The fraction of sp³-hybridized carbons (Fsp3) is 0.317. The van der Waals surface area contributed by atoms with Gasteiger partial charge in [0.1, 0.15) is 18.1 Å². The molecule has 0 unspecified atom stereocenters. The normalized spacial score (nSPS) is 15.4. The summed E-state index contributed by atoms with van der Waals surface area (Å²) in [6, 6.07) is 79.4. The number of anilines is 3. The Bertz CT molecular complexity index is 5350. The van der Waals surface area contributed by atoms with Gasteiger partial charge in [-0.3, -0.25) is 43.2 Å².